The first-order chi connectivity index (χ1) is 8.90. The summed E-state index contributed by atoms with van der Waals surface area (Å²) in [6.07, 6.45) is 0.764. The van der Waals surface area contributed by atoms with Crippen LogP contribution in [0.4, 0.5) is 4.79 Å². The first-order valence-electron chi connectivity index (χ1n) is 6.21. The molecule has 0 saturated heterocycles. The van der Waals surface area contributed by atoms with Crippen molar-refractivity contribution < 1.29 is 14.7 Å². The standard InChI is InChI=1S/C13H20N2O3S/c1-8(6-11-4-5-19-7-11)14-13(18)15-10(3)9(2)12(16)17/h4-5,7-10H,6H2,1-3H3,(H,16,17)(H2,14,15,18). The van der Waals surface area contributed by atoms with Gasteiger partial charge >= 0.3 is 12.0 Å². The molecule has 6 heteroatoms. The van der Waals surface area contributed by atoms with Crippen LogP contribution in [0.1, 0.15) is 26.3 Å². The predicted molar refractivity (Wildman–Crippen MR) is 75.4 cm³/mol. The van der Waals surface area contributed by atoms with E-state index in [1.165, 1.54) is 5.56 Å². The lowest BCUT2D eigenvalue weighted by atomic mass is 10.0. The second-order valence-corrected chi connectivity index (χ2v) is 5.55. The molecule has 2 amide bonds. The van der Waals surface area contributed by atoms with E-state index in [0.717, 1.165) is 6.42 Å². The normalized spacial score (nSPS) is 15.3. The number of hydrogen-bond acceptors (Lipinski definition) is 3. The zero-order valence-electron chi connectivity index (χ0n) is 11.3. The molecule has 3 unspecified atom stereocenters. The Balaban J connectivity index is 2.36. The Morgan fingerprint density at radius 3 is 2.53 bits per heavy atom. The van der Waals surface area contributed by atoms with Crippen LogP contribution in [0.3, 0.4) is 0 Å². The van der Waals surface area contributed by atoms with E-state index in [1.54, 1.807) is 25.2 Å². The molecule has 0 bridgehead atoms. The number of urea groups is 1. The van der Waals surface area contributed by atoms with Gasteiger partial charge in [-0.1, -0.05) is 0 Å². The van der Waals surface area contributed by atoms with Crippen molar-refractivity contribution in [1.29, 1.82) is 0 Å². The first kappa shape index (κ1) is 15.5. The maximum absolute atomic E-state index is 11.7. The van der Waals surface area contributed by atoms with Crippen LogP contribution < -0.4 is 10.6 Å². The van der Waals surface area contributed by atoms with Gasteiger partial charge in [0.05, 0.1) is 5.92 Å². The van der Waals surface area contributed by atoms with Gasteiger partial charge in [-0.05, 0) is 49.6 Å². The van der Waals surface area contributed by atoms with Crippen LogP contribution in [0.15, 0.2) is 16.8 Å². The molecule has 19 heavy (non-hydrogen) atoms. The van der Waals surface area contributed by atoms with E-state index < -0.39 is 17.9 Å². The molecule has 5 nitrogen and oxygen atoms in total. The monoisotopic (exact) mass is 284 g/mol. The van der Waals surface area contributed by atoms with E-state index in [9.17, 15) is 9.59 Å². The Morgan fingerprint density at radius 2 is 2.00 bits per heavy atom. The lowest BCUT2D eigenvalue weighted by Gasteiger charge is -2.20. The molecular weight excluding hydrogens is 264 g/mol. The Kier molecular flexibility index (Phi) is 5.82. The average Bonchev–Trinajstić information content (AvgIpc) is 2.79. The lowest BCUT2D eigenvalue weighted by Crippen LogP contribution is -2.48. The largest absolute Gasteiger partial charge is 0.481 e. The van der Waals surface area contributed by atoms with Crippen molar-refractivity contribution >= 4 is 23.3 Å². The Bertz CT molecular complexity index is 420. The van der Waals surface area contributed by atoms with Crippen molar-refractivity contribution in [3.63, 3.8) is 0 Å². The minimum Gasteiger partial charge on any atom is -0.481 e. The van der Waals surface area contributed by atoms with Crippen molar-refractivity contribution in [2.75, 3.05) is 0 Å². The van der Waals surface area contributed by atoms with Crippen LogP contribution in [0.5, 0.6) is 0 Å². The minimum atomic E-state index is -0.917. The summed E-state index contributed by atoms with van der Waals surface area (Å²) in [6, 6.07) is 1.28. The molecule has 0 aliphatic carbocycles. The number of nitrogens with one attached hydrogen (secondary N) is 2. The summed E-state index contributed by atoms with van der Waals surface area (Å²) in [5.41, 5.74) is 1.18. The van der Waals surface area contributed by atoms with E-state index in [4.69, 9.17) is 5.11 Å². The highest BCUT2D eigenvalue weighted by Gasteiger charge is 2.21. The summed E-state index contributed by atoms with van der Waals surface area (Å²) in [6.45, 7) is 5.17. The van der Waals surface area contributed by atoms with Gasteiger partial charge in [0, 0.05) is 12.1 Å². The quantitative estimate of drug-likeness (QED) is 0.748. The Labute approximate surface area is 117 Å². The molecule has 1 aromatic rings. The molecule has 0 spiro atoms. The van der Waals surface area contributed by atoms with Gasteiger partial charge in [0.2, 0.25) is 0 Å². The van der Waals surface area contributed by atoms with Gasteiger partial charge in [-0.15, -0.1) is 0 Å². The molecule has 1 heterocycles. The van der Waals surface area contributed by atoms with Gasteiger partial charge in [-0.3, -0.25) is 4.79 Å². The van der Waals surface area contributed by atoms with E-state index in [0.29, 0.717) is 0 Å². The van der Waals surface area contributed by atoms with Crippen molar-refractivity contribution in [3.8, 4) is 0 Å². The van der Waals surface area contributed by atoms with Gasteiger partial charge in [-0.25, -0.2) is 4.79 Å². The summed E-state index contributed by atoms with van der Waals surface area (Å²) in [7, 11) is 0. The summed E-state index contributed by atoms with van der Waals surface area (Å²) in [5.74, 6) is -1.53. The number of carboxylic acids is 1. The van der Waals surface area contributed by atoms with Gasteiger partial charge in [0.25, 0.3) is 0 Å². The van der Waals surface area contributed by atoms with Gasteiger partial charge < -0.3 is 15.7 Å². The highest BCUT2D eigenvalue weighted by Crippen LogP contribution is 2.08. The van der Waals surface area contributed by atoms with Crippen LogP contribution in [0.2, 0.25) is 0 Å². The molecular formula is C13H20N2O3S. The fourth-order valence-corrected chi connectivity index (χ4v) is 2.31. The van der Waals surface area contributed by atoms with Gasteiger partial charge in [-0.2, -0.15) is 11.3 Å². The number of carbonyl (C=O) groups excluding carboxylic acids is 1. The number of amides is 2. The molecule has 0 fully saturated rings. The third-order valence-electron chi connectivity index (χ3n) is 3.00. The second kappa shape index (κ2) is 7.13. The van der Waals surface area contributed by atoms with E-state index in [-0.39, 0.29) is 12.1 Å². The highest BCUT2D eigenvalue weighted by atomic mass is 32.1. The number of carboxylic acid groups (broad SMARTS) is 1. The van der Waals surface area contributed by atoms with Crippen molar-refractivity contribution in [3.05, 3.63) is 22.4 Å². The smallest absolute Gasteiger partial charge is 0.315 e. The first-order valence-corrected chi connectivity index (χ1v) is 7.15. The van der Waals surface area contributed by atoms with E-state index >= 15 is 0 Å². The maximum atomic E-state index is 11.7. The number of carbonyl (C=O) groups is 2. The molecule has 0 radical (unpaired) electrons. The third kappa shape index (κ3) is 5.30. The summed E-state index contributed by atoms with van der Waals surface area (Å²) in [5, 5.41) is 18.3. The number of aliphatic carboxylic acids is 1. The fourth-order valence-electron chi connectivity index (χ4n) is 1.62. The fraction of sp³-hybridized carbons (Fsp3) is 0.538. The van der Waals surface area contributed by atoms with Crippen LogP contribution in [-0.4, -0.2) is 29.2 Å². The van der Waals surface area contributed by atoms with Gasteiger partial charge in [0.15, 0.2) is 0 Å². The summed E-state index contributed by atoms with van der Waals surface area (Å²) < 4.78 is 0. The van der Waals surface area contributed by atoms with Crippen molar-refractivity contribution in [1.82, 2.24) is 10.6 Å². The topological polar surface area (TPSA) is 78.4 Å². The molecule has 3 N–H and O–H groups in total. The Hall–Kier alpha value is -1.56. The third-order valence-corrected chi connectivity index (χ3v) is 3.73. The molecule has 0 aliphatic rings. The molecule has 1 rings (SSSR count). The minimum absolute atomic E-state index is 0.00179. The molecule has 0 saturated carbocycles. The van der Waals surface area contributed by atoms with Crippen LogP contribution >= 0.6 is 11.3 Å². The zero-order valence-corrected chi connectivity index (χ0v) is 12.2. The van der Waals surface area contributed by atoms with Crippen LogP contribution in [0.25, 0.3) is 0 Å². The number of rotatable bonds is 6. The molecule has 0 aromatic carbocycles. The van der Waals surface area contributed by atoms with E-state index in [2.05, 4.69) is 10.6 Å². The maximum Gasteiger partial charge on any atom is 0.315 e. The van der Waals surface area contributed by atoms with Gasteiger partial charge in [0.1, 0.15) is 0 Å². The molecule has 1 aromatic heterocycles. The predicted octanol–water partition coefficient (Wildman–Crippen LogP) is 2.09. The summed E-state index contributed by atoms with van der Waals surface area (Å²) in [4.78, 5) is 22.5. The number of hydrogen-bond donors (Lipinski definition) is 3. The molecule has 3 atom stereocenters. The average molecular weight is 284 g/mol. The number of thiophene rings is 1. The SMILES string of the molecule is CC(Cc1ccsc1)NC(=O)NC(C)C(C)C(=O)O. The van der Waals surface area contributed by atoms with E-state index in [1.807, 2.05) is 23.8 Å². The van der Waals surface area contributed by atoms with Crippen molar-refractivity contribution in [2.24, 2.45) is 5.92 Å². The zero-order chi connectivity index (χ0) is 14.4. The summed E-state index contributed by atoms with van der Waals surface area (Å²) >= 11 is 1.62. The highest BCUT2D eigenvalue weighted by molar-refractivity contribution is 7.07. The Morgan fingerprint density at radius 1 is 1.32 bits per heavy atom. The van der Waals surface area contributed by atoms with Crippen LogP contribution in [0, 0.1) is 5.92 Å². The molecule has 0 aliphatic heterocycles. The van der Waals surface area contributed by atoms with Crippen molar-refractivity contribution in [2.45, 2.75) is 39.3 Å². The molecule has 106 valence electrons. The lowest BCUT2D eigenvalue weighted by molar-refractivity contribution is -0.141. The van der Waals surface area contributed by atoms with Crippen LogP contribution in [-0.2, 0) is 11.2 Å². The second-order valence-electron chi connectivity index (χ2n) is 4.77.